The number of ether oxygens (including phenoxy) is 1. The highest BCUT2D eigenvalue weighted by Crippen LogP contribution is 2.38. The fourth-order valence-corrected chi connectivity index (χ4v) is 4.11. The Labute approximate surface area is 179 Å². The number of halogens is 1. The van der Waals surface area contributed by atoms with E-state index in [9.17, 15) is 9.59 Å². The van der Waals surface area contributed by atoms with Gasteiger partial charge in [0.1, 0.15) is 12.6 Å². The summed E-state index contributed by atoms with van der Waals surface area (Å²) in [5, 5.41) is 3.28. The smallest absolute Gasteiger partial charge is 0.329 e. The van der Waals surface area contributed by atoms with Gasteiger partial charge in [-0.1, -0.05) is 79.2 Å². The molecule has 0 saturated heterocycles. The van der Waals surface area contributed by atoms with E-state index in [1.54, 1.807) is 0 Å². The molecule has 2 heterocycles. The van der Waals surface area contributed by atoms with Crippen LogP contribution in [0.3, 0.4) is 0 Å². The van der Waals surface area contributed by atoms with E-state index in [2.05, 4.69) is 10.3 Å². The first-order valence-electron chi connectivity index (χ1n) is 9.85. The van der Waals surface area contributed by atoms with E-state index in [-0.39, 0.29) is 29.1 Å². The van der Waals surface area contributed by atoms with E-state index in [0.29, 0.717) is 18.7 Å². The summed E-state index contributed by atoms with van der Waals surface area (Å²) in [5.74, 6) is -0.388. The molecule has 7 heteroatoms. The number of benzene rings is 2. The molecule has 2 atom stereocenters. The Bertz CT molecular complexity index is 1100. The molecule has 6 nitrogen and oxygen atoms in total. The predicted molar refractivity (Wildman–Crippen MR) is 116 cm³/mol. The van der Waals surface area contributed by atoms with E-state index in [4.69, 9.17) is 16.3 Å². The molecule has 0 amide bonds. The van der Waals surface area contributed by atoms with Crippen LogP contribution in [0.5, 0.6) is 0 Å². The summed E-state index contributed by atoms with van der Waals surface area (Å²) < 4.78 is 6.94. The summed E-state index contributed by atoms with van der Waals surface area (Å²) in [7, 11) is 0. The summed E-state index contributed by atoms with van der Waals surface area (Å²) in [4.78, 5) is 30.2. The van der Waals surface area contributed by atoms with Crippen molar-refractivity contribution in [2.45, 2.75) is 38.5 Å². The number of hydrogen-bond donors (Lipinski definition) is 1. The standard InChI is InChI=1S/C23H22ClN3O3/c1-15-12-18(23(29)30-14-17-10-6-3-7-11-17)27-19(15)20(24)26-21(22(27)28)25-13-16-8-4-2-5-9-16/h2-11,15,18H,12-14H2,1H3,(H,25,26)/t15-,18+/m1/s1. The van der Waals surface area contributed by atoms with Crippen LogP contribution < -0.4 is 10.9 Å². The number of carbonyl (C=O) groups is 1. The molecule has 0 unspecified atom stereocenters. The maximum absolute atomic E-state index is 13.1. The third-order valence-electron chi connectivity index (χ3n) is 5.26. The van der Waals surface area contributed by atoms with E-state index in [1.807, 2.05) is 67.6 Å². The fraction of sp³-hybridized carbons (Fsp3) is 0.261. The third-order valence-corrected chi connectivity index (χ3v) is 5.53. The van der Waals surface area contributed by atoms with Crippen LogP contribution in [0, 0.1) is 0 Å². The highest BCUT2D eigenvalue weighted by atomic mass is 35.5. The molecular weight excluding hydrogens is 402 g/mol. The van der Waals surface area contributed by atoms with Gasteiger partial charge in [0, 0.05) is 12.5 Å². The Morgan fingerprint density at radius 1 is 1.13 bits per heavy atom. The van der Waals surface area contributed by atoms with Crippen LogP contribution in [0.4, 0.5) is 5.82 Å². The second-order valence-corrected chi connectivity index (χ2v) is 7.75. The van der Waals surface area contributed by atoms with Gasteiger partial charge in [0.05, 0.1) is 5.69 Å². The molecule has 1 aliphatic rings. The van der Waals surface area contributed by atoms with E-state index in [1.165, 1.54) is 4.57 Å². The van der Waals surface area contributed by atoms with Crippen molar-refractivity contribution < 1.29 is 9.53 Å². The Hall–Kier alpha value is -3.12. The van der Waals surface area contributed by atoms with Gasteiger partial charge in [0.15, 0.2) is 11.0 Å². The molecule has 30 heavy (non-hydrogen) atoms. The van der Waals surface area contributed by atoms with Crippen molar-refractivity contribution in [2.75, 3.05) is 5.32 Å². The van der Waals surface area contributed by atoms with Gasteiger partial charge in [-0.3, -0.25) is 9.36 Å². The zero-order chi connectivity index (χ0) is 21.1. The monoisotopic (exact) mass is 423 g/mol. The number of nitrogens with zero attached hydrogens (tertiary/aromatic N) is 2. The number of carbonyl (C=O) groups excluding carboxylic acids is 1. The SMILES string of the molecule is C[C@@H]1C[C@@H](C(=O)OCc2ccccc2)n2c1c(Cl)nc(NCc1ccccc1)c2=O. The summed E-state index contributed by atoms with van der Waals surface area (Å²) in [6, 6.07) is 18.4. The van der Waals surface area contributed by atoms with E-state index in [0.717, 1.165) is 11.1 Å². The topological polar surface area (TPSA) is 73.2 Å². The summed E-state index contributed by atoms with van der Waals surface area (Å²) in [5.41, 5.74) is 2.11. The lowest BCUT2D eigenvalue weighted by Crippen LogP contribution is -2.31. The number of esters is 1. The first-order chi connectivity index (χ1) is 14.5. The fourth-order valence-electron chi connectivity index (χ4n) is 3.75. The van der Waals surface area contributed by atoms with Crippen LogP contribution in [0.1, 0.15) is 42.1 Å². The molecule has 2 aromatic carbocycles. The quantitative estimate of drug-likeness (QED) is 0.598. The zero-order valence-electron chi connectivity index (χ0n) is 16.5. The first-order valence-corrected chi connectivity index (χ1v) is 10.2. The average molecular weight is 424 g/mol. The first kappa shape index (κ1) is 20.2. The predicted octanol–water partition coefficient (Wildman–Crippen LogP) is 4.30. The summed E-state index contributed by atoms with van der Waals surface area (Å²) in [6.45, 7) is 2.52. The molecule has 4 rings (SSSR count). The van der Waals surface area contributed by atoms with Crippen LogP contribution in [-0.2, 0) is 22.7 Å². The minimum atomic E-state index is -0.719. The number of rotatable bonds is 6. The lowest BCUT2D eigenvalue weighted by molar-refractivity contribution is -0.149. The number of anilines is 1. The van der Waals surface area contributed by atoms with Crippen LogP contribution in [-0.4, -0.2) is 15.5 Å². The molecule has 1 N–H and O–H groups in total. The van der Waals surface area contributed by atoms with Crippen molar-refractivity contribution >= 4 is 23.4 Å². The van der Waals surface area contributed by atoms with Gasteiger partial charge in [-0.25, -0.2) is 9.78 Å². The summed E-state index contributed by atoms with van der Waals surface area (Å²) >= 11 is 6.40. The van der Waals surface area contributed by atoms with Gasteiger partial charge >= 0.3 is 5.97 Å². The largest absolute Gasteiger partial charge is 0.459 e. The van der Waals surface area contributed by atoms with Crippen molar-refractivity contribution in [1.82, 2.24) is 9.55 Å². The van der Waals surface area contributed by atoms with Crippen molar-refractivity contribution in [3.8, 4) is 0 Å². The molecule has 0 spiro atoms. The molecule has 3 aromatic rings. The second-order valence-electron chi connectivity index (χ2n) is 7.40. The van der Waals surface area contributed by atoms with Gasteiger partial charge < -0.3 is 10.1 Å². The Morgan fingerprint density at radius 2 is 1.77 bits per heavy atom. The lowest BCUT2D eigenvalue weighted by Gasteiger charge is -2.16. The highest BCUT2D eigenvalue weighted by molar-refractivity contribution is 6.30. The Balaban J connectivity index is 1.57. The molecule has 154 valence electrons. The normalized spacial score (nSPS) is 17.4. The maximum atomic E-state index is 13.1. The molecule has 1 aromatic heterocycles. The average Bonchev–Trinajstić information content (AvgIpc) is 3.13. The highest BCUT2D eigenvalue weighted by Gasteiger charge is 2.38. The second kappa shape index (κ2) is 8.71. The molecule has 0 radical (unpaired) electrons. The van der Waals surface area contributed by atoms with Gasteiger partial charge in [-0.2, -0.15) is 0 Å². The molecule has 0 bridgehead atoms. The van der Waals surface area contributed by atoms with Gasteiger partial charge in [0.25, 0.3) is 5.56 Å². The molecule has 0 aliphatic carbocycles. The number of aromatic nitrogens is 2. The van der Waals surface area contributed by atoms with Crippen molar-refractivity contribution in [3.05, 3.63) is 93.0 Å². The molecule has 0 saturated carbocycles. The van der Waals surface area contributed by atoms with Crippen molar-refractivity contribution in [2.24, 2.45) is 0 Å². The van der Waals surface area contributed by atoms with Crippen LogP contribution in [0.15, 0.2) is 65.5 Å². The maximum Gasteiger partial charge on any atom is 0.329 e. The molecule has 1 aliphatic heterocycles. The van der Waals surface area contributed by atoms with E-state index >= 15 is 0 Å². The van der Waals surface area contributed by atoms with Crippen molar-refractivity contribution in [3.63, 3.8) is 0 Å². The van der Waals surface area contributed by atoms with Crippen LogP contribution in [0.25, 0.3) is 0 Å². The van der Waals surface area contributed by atoms with Gasteiger partial charge in [-0.05, 0) is 17.5 Å². The van der Waals surface area contributed by atoms with Gasteiger partial charge in [-0.15, -0.1) is 0 Å². The molecule has 0 fully saturated rings. The number of fused-ring (bicyclic) bond motifs is 1. The minimum absolute atomic E-state index is 0.0739. The van der Waals surface area contributed by atoms with Crippen LogP contribution >= 0.6 is 11.6 Å². The third kappa shape index (κ3) is 4.09. The number of nitrogens with one attached hydrogen (secondary N) is 1. The lowest BCUT2D eigenvalue weighted by atomic mass is 10.1. The molecular formula is C23H22ClN3O3. The van der Waals surface area contributed by atoms with Gasteiger partial charge in [0.2, 0.25) is 0 Å². The Morgan fingerprint density at radius 3 is 2.43 bits per heavy atom. The van der Waals surface area contributed by atoms with Crippen molar-refractivity contribution in [1.29, 1.82) is 0 Å². The van der Waals surface area contributed by atoms with E-state index < -0.39 is 12.0 Å². The van der Waals surface area contributed by atoms with Crippen LogP contribution in [0.2, 0.25) is 5.15 Å². The minimum Gasteiger partial charge on any atom is -0.459 e. The summed E-state index contributed by atoms with van der Waals surface area (Å²) in [6.07, 6.45) is 0.451. The number of hydrogen-bond acceptors (Lipinski definition) is 5. The Kier molecular flexibility index (Phi) is 5.86. The zero-order valence-corrected chi connectivity index (χ0v) is 17.3.